The van der Waals surface area contributed by atoms with E-state index in [9.17, 15) is 24.3 Å². The smallest absolute Gasteiger partial charge is 0.352 e. The number of nitrogens with two attached hydrogens (primary N) is 1. The molecular formula is C18H22N4O5S. The third-order valence-electron chi connectivity index (χ3n) is 5.07. The molecule has 1 aromatic carbocycles. The van der Waals surface area contributed by atoms with E-state index in [1.807, 2.05) is 0 Å². The monoisotopic (exact) mass is 406 g/mol. The van der Waals surface area contributed by atoms with Gasteiger partial charge in [0, 0.05) is 0 Å². The average Bonchev–Trinajstić information content (AvgIpc) is 2.82. The lowest BCUT2D eigenvalue weighted by atomic mass is 9.89. The predicted molar refractivity (Wildman–Crippen MR) is 102 cm³/mol. The maximum absolute atomic E-state index is 13.2. The maximum atomic E-state index is 13.2. The van der Waals surface area contributed by atoms with Crippen LogP contribution in [-0.4, -0.2) is 56.0 Å². The number of nitrogens with zero attached hydrogens (tertiary/aromatic N) is 1. The summed E-state index contributed by atoms with van der Waals surface area (Å²) in [6, 6.07) is 7.27. The molecule has 10 heteroatoms. The zero-order chi connectivity index (χ0) is 20.7. The van der Waals surface area contributed by atoms with E-state index in [1.165, 1.54) is 16.7 Å². The van der Waals surface area contributed by atoms with E-state index in [4.69, 9.17) is 5.73 Å². The van der Waals surface area contributed by atoms with Crippen molar-refractivity contribution < 1.29 is 24.3 Å². The highest BCUT2D eigenvalue weighted by molar-refractivity contribution is 8.01. The van der Waals surface area contributed by atoms with Gasteiger partial charge in [-0.3, -0.25) is 19.3 Å². The van der Waals surface area contributed by atoms with E-state index in [-0.39, 0.29) is 24.2 Å². The first-order valence-electron chi connectivity index (χ1n) is 8.74. The molecule has 2 saturated heterocycles. The van der Waals surface area contributed by atoms with E-state index < -0.39 is 34.2 Å². The minimum atomic E-state index is -1.92. The molecule has 1 aromatic rings. The molecule has 3 rings (SSSR count). The minimum absolute atomic E-state index is 0.227. The van der Waals surface area contributed by atoms with Crippen LogP contribution in [-0.2, 0) is 19.2 Å². The summed E-state index contributed by atoms with van der Waals surface area (Å²) in [7, 11) is 0. The average molecular weight is 406 g/mol. The molecular weight excluding hydrogens is 384 g/mol. The van der Waals surface area contributed by atoms with Crippen molar-refractivity contribution in [3.8, 4) is 0 Å². The third-order valence-corrected chi connectivity index (χ3v) is 6.60. The number of nitrogens with one attached hydrogen (secondary N) is 2. The van der Waals surface area contributed by atoms with Crippen molar-refractivity contribution in [2.75, 3.05) is 6.54 Å². The van der Waals surface area contributed by atoms with Crippen molar-refractivity contribution in [1.29, 1.82) is 0 Å². The summed E-state index contributed by atoms with van der Waals surface area (Å²) in [5, 5.41) is 14.8. The molecule has 2 heterocycles. The van der Waals surface area contributed by atoms with Crippen molar-refractivity contribution in [3.63, 3.8) is 0 Å². The lowest BCUT2D eigenvalue weighted by Gasteiger charge is -2.46. The Morgan fingerprint density at radius 2 is 1.96 bits per heavy atom. The van der Waals surface area contributed by atoms with Crippen LogP contribution in [0.25, 0.3) is 0 Å². The van der Waals surface area contributed by atoms with E-state index in [2.05, 4.69) is 10.6 Å². The van der Waals surface area contributed by atoms with E-state index in [1.54, 1.807) is 44.2 Å². The molecule has 0 saturated carbocycles. The molecule has 0 radical (unpaired) electrons. The normalized spacial score (nSPS) is 26.0. The van der Waals surface area contributed by atoms with Crippen molar-refractivity contribution >= 4 is 35.5 Å². The summed E-state index contributed by atoms with van der Waals surface area (Å²) >= 11 is 1.33. The third kappa shape index (κ3) is 3.02. The molecule has 2 fully saturated rings. The zero-order valence-corrected chi connectivity index (χ0v) is 16.3. The summed E-state index contributed by atoms with van der Waals surface area (Å²) in [6.45, 7) is 3.02. The number of carbonyl (C=O) groups is 4. The number of benzene rings is 1. The highest BCUT2D eigenvalue weighted by atomic mass is 32.2. The summed E-state index contributed by atoms with van der Waals surface area (Å²) in [5.74, 6) is -2.96. The Kier molecular flexibility index (Phi) is 5.11. The molecule has 28 heavy (non-hydrogen) atoms. The molecule has 0 aliphatic carbocycles. The number of β-lactam (4-membered cyclic amide) rings is 1. The Hall–Kier alpha value is -2.59. The van der Waals surface area contributed by atoms with Crippen molar-refractivity contribution in [2.45, 2.75) is 42.1 Å². The largest absolute Gasteiger partial charge is 0.478 e. The number of carboxylic acids is 1. The van der Waals surface area contributed by atoms with Gasteiger partial charge in [-0.2, -0.15) is 0 Å². The van der Waals surface area contributed by atoms with Crippen LogP contribution in [0.3, 0.4) is 0 Å². The first-order chi connectivity index (χ1) is 13.1. The molecule has 0 bridgehead atoms. The van der Waals surface area contributed by atoms with Gasteiger partial charge >= 0.3 is 5.97 Å². The molecule has 3 atom stereocenters. The summed E-state index contributed by atoms with van der Waals surface area (Å²) in [6.07, 6.45) is 0.227. The number of aliphatic carboxylic acids is 1. The molecule has 1 unspecified atom stereocenters. The standard InChI is InChI=1S/C18H22N4O5S/c1-17(2)18(16(26)27,22-12(24)8-13(22)28-17)21-15(25)14(20-11(23)9-19)10-6-4-3-5-7-10/h3-7,13-14H,8-9,19H2,1-2H3,(H,20,23)(H,21,25)(H,26,27)/t13-,14?,18+/m1/s1. The highest BCUT2D eigenvalue weighted by Crippen LogP contribution is 2.55. The lowest BCUT2D eigenvalue weighted by molar-refractivity contribution is -0.173. The van der Waals surface area contributed by atoms with Crippen LogP contribution in [0.4, 0.5) is 0 Å². The van der Waals surface area contributed by atoms with Crippen LogP contribution in [0.1, 0.15) is 31.9 Å². The van der Waals surface area contributed by atoms with Gasteiger partial charge in [0.2, 0.25) is 23.4 Å². The van der Waals surface area contributed by atoms with Gasteiger partial charge in [0.15, 0.2) is 0 Å². The fourth-order valence-electron chi connectivity index (χ4n) is 3.64. The molecule has 0 spiro atoms. The van der Waals surface area contributed by atoms with Crippen LogP contribution in [0, 0.1) is 0 Å². The summed E-state index contributed by atoms with van der Waals surface area (Å²) in [4.78, 5) is 50.7. The Morgan fingerprint density at radius 3 is 2.50 bits per heavy atom. The Morgan fingerprint density at radius 1 is 1.32 bits per heavy atom. The molecule has 150 valence electrons. The first-order valence-corrected chi connectivity index (χ1v) is 9.62. The van der Waals surface area contributed by atoms with Crippen LogP contribution in [0.15, 0.2) is 30.3 Å². The second kappa shape index (κ2) is 7.10. The molecule has 3 amide bonds. The molecule has 2 aliphatic heterocycles. The van der Waals surface area contributed by atoms with Crippen molar-refractivity contribution in [2.24, 2.45) is 5.73 Å². The second-order valence-corrected chi connectivity index (χ2v) is 8.97. The number of carboxylic acid groups (broad SMARTS) is 1. The van der Waals surface area contributed by atoms with E-state index in [0.29, 0.717) is 5.56 Å². The quantitative estimate of drug-likeness (QED) is 0.479. The number of rotatable bonds is 6. The minimum Gasteiger partial charge on any atom is -0.478 e. The second-order valence-electron chi connectivity index (χ2n) is 7.17. The SMILES string of the molecule is CC1(C)S[C@@H]2CC(=O)N2[C@@]1(NC(=O)C(NC(=O)CN)c1ccccc1)C(=O)O. The highest BCUT2D eigenvalue weighted by Gasteiger charge is 2.70. The van der Waals surface area contributed by atoms with Crippen LogP contribution in [0.2, 0.25) is 0 Å². The van der Waals surface area contributed by atoms with E-state index >= 15 is 0 Å². The van der Waals surface area contributed by atoms with Crippen LogP contribution >= 0.6 is 11.8 Å². The van der Waals surface area contributed by atoms with Crippen molar-refractivity contribution in [3.05, 3.63) is 35.9 Å². The van der Waals surface area contributed by atoms with Gasteiger partial charge in [-0.05, 0) is 19.4 Å². The summed E-state index contributed by atoms with van der Waals surface area (Å²) in [5.41, 5.74) is 3.90. The van der Waals surface area contributed by atoms with Gasteiger partial charge in [-0.1, -0.05) is 30.3 Å². The van der Waals surface area contributed by atoms with Gasteiger partial charge in [-0.15, -0.1) is 11.8 Å². The van der Waals surface area contributed by atoms with Gasteiger partial charge < -0.3 is 21.5 Å². The van der Waals surface area contributed by atoms with Gasteiger partial charge in [0.25, 0.3) is 0 Å². The summed E-state index contributed by atoms with van der Waals surface area (Å²) < 4.78 is -0.982. The Labute approximate surface area is 166 Å². The molecule has 5 N–H and O–H groups in total. The van der Waals surface area contributed by atoms with Gasteiger partial charge in [0.1, 0.15) is 6.04 Å². The van der Waals surface area contributed by atoms with Crippen LogP contribution < -0.4 is 16.4 Å². The fraction of sp³-hybridized carbons (Fsp3) is 0.444. The van der Waals surface area contributed by atoms with E-state index in [0.717, 1.165) is 0 Å². The Bertz CT molecular complexity index is 831. The maximum Gasteiger partial charge on any atom is 0.352 e. The molecule has 2 aliphatic rings. The number of fused-ring (bicyclic) bond motifs is 1. The number of thioether (sulfide) groups is 1. The first kappa shape index (κ1) is 20.2. The van der Waals surface area contributed by atoms with Crippen molar-refractivity contribution in [1.82, 2.24) is 15.5 Å². The number of amides is 3. The Balaban J connectivity index is 1.97. The van der Waals surface area contributed by atoms with Gasteiger partial charge in [-0.25, -0.2) is 4.79 Å². The lowest BCUT2D eigenvalue weighted by Crippen LogP contribution is -2.75. The molecule has 9 nitrogen and oxygen atoms in total. The van der Waals surface area contributed by atoms with Gasteiger partial charge in [0.05, 0.1) is 23.1 Å². The number of hydrogen-bond donors (Lipinski definition) is 4. The predicted octanol–water partition coefficient (Wildman–Crippen LogP) is -0.216. The fourth-order valence-corrected chi connectivity index (χ4v) is 5.34. The number of hydrogen-bond acceptors (Lipinski definition) is 6. The zero-order valence-electron chi connectivity index (χ0n) is 15.5. The van der Waals surface area contributed by atoms with Crippen LogP contribution in [0.5, 0.6) is 0 Å². The number of carbonyl (C=O) groups excluding carboxylic acids is 3. The topological polar surface area (TPSA) is 142 Å². The molecule has 0 aromatic heterocycles.